The molecule has 108 valence electrons. The van der Waals surface area contributed by atoms with Crippen molar-refractivity contribution in [3.8, 4) is 0 Å². The van der Waals surface area contributed by atoms with Gasteiger partial charge in [0.25, 0.3) is 0 Å². The van der Waals surface area contributed by atoms with Crippen LogP contribution in [0.25, 0.3) is 0 Å². The summed E-state index contributed by atoms with van der Waals surface area (Å²) >= 11 is 0. The van der Waals surface area contributed by atoms with Crippen LogP contribution in [0.15, 0.2) is 24.4 Å². The van der Waals surface area contributed by atoms with Crippen molar-refractivity contribution in [2.75, 3.05) is 18.0 Å². The predicted octanol–water partition coefficient (Wildman–Crippen LogP) is 2.44. The van der Waals surface area contributed by atoms with E-state index in [-0.39, 0.29) is 17.0 Å². The summed E-state index contributed by atoms with van der Waals surface area (Å²) in [6, 6.07) is 6.12. The summed E-state index contributed by atoms with van der Waals surface area (Å²) in [5.74, 6) is 0.952. The first-order valence-electron chi connectivity index (χ1n) is 7.03. The molecule has 1 aromatic heterocycles. The third-order valence-electron chi connectivity index (χ3n) is 4.93. The number of hydrogen-bond acceptors (Lipinski definition) is 3. The van der Waals surface area contributed by atoms with Crippen molar-refractivity contribution < 1.29 is 9.90 Å². The van der Waals surface area contributed by atoms with Gasteiger partial charge in [0.05, 0.1) is 11.6 Å². The highest BCUT2D eigenvalue weighted by Crippen LogP contribution is 2.51. The zero-order valence-electron chi connectivity index (χ0n) is 12.2. The molecule has 0 radical (unpaired) electrons. The van der Waals surface area contributed by atoms with E-state index in [2.05, 4.69) is 30.7 Å². The van der Waals surface area contributed by atoms with Gasteiger partial charge in [0.2, 0.25) is 0 Å². The van der Waals surface area contributed by atoms with E-state index in [1.54, 1.807) is 11.1 Å². The maximum atomic E-state index is 11.6. The highest BCUT2D eigenvalue weighted by molar-refractivity contribution is 5.69. The molecule has 0 unspecified atom stereocenters. The van der Waals surface area contributed by atoms with Crippen LogP contribution >= 0.6 is 0 Å². The summed E-state index contributed by atoms with van der Waals surface area (Å²) in [6.07, 6.45) is 1.88. The number of nitrogens with zero attached hydrogens (tertiary/aromatic N) is 3. The number of pyridine rings is 1. The number of aromatic nitrogens is 1. The summed E-state index contributed by atoms with van der Waals surface area (Å²) in [4.78, 5) is 19.9. The molecule has 1 N–H and O–H groups in total. The number of carbonyl (C=O) groups is 1. The minimum Gasteiger partial charge on any atom is -0.465 e. The molecule has 3 heterocycles. The smallest absolute Gasteiger partial charge is 0.407 e. The Morgan fingerprint density at radius 3 is 2.75 bits per heavy atom. The van der Waals surface area contributed by atoms with Crippen LogP contribution in [0.1, 0.15) is 27.2 Å². The molecule has 2 bridgehead atoms. The van der Waals surface area contributed by atoms with E-state index in [9.17, 15) is 9.90 Å². The first-order valence-corrected chi connectivity index (χ1v) is 7.03. The number of anilines is 1. The lowest BCUT2D eigenvalue weighted by atomic mass is 9.73. The Kier molecular flexibility index (Phi) is 2.71. The standard InChI is InChI=1S/C15H21N3O2/c1-14(2,3)15-8-11(9-18(15)13(19)20)17(10-15)12-6-4-5-7-16-12/h4-7,11H,8-10H2,1-3H3,(H,19,20)/t11-,15+/m0/s1. The minimum atomic E-state index is -0.803. The SMILES string of the molecule is CC(C)(C)[C@]12C[C@@H](CN1C(=O)O)N(c1ccccn1)C2. The normalized spacial score (nSPS) is 29.1. The van der Waals surface area contributed by atoms with Crippen molar-refractivity contribution in [3.63, 3.8) is 0 Å². The Bertz CT molecular complexity index is 526. The van der Waals surface area contributed by atoms with E-state index in [1.807, 2.05) is 18.2 Å². The van der Waals surface area contributed by atoms with E-state index in [1.165, 1.54) is 0 Å². The molecular weight excluding hydrogens is 254 g/mol. The van der Waals surface area contributed by atoms with Gasteiger partial charge in [-0.05, 0) is 24.0 Å². The summed E-state index contributed by atoms with van der Waals surface area (Å²) in [7, 11) is 0. The van der Waals surface area contributed by atoms with Gasteiger partial charge in [-0.25, -0.2) is 9.78 Å². The van der Waals surface area contributed by atoms with Crippen molar-refractivity contribution in [3.05, 3.63) is 24.4 Å². The van der Waals surface area contributed by atoms with Crippen LogP contribution in [-0.2, 0) is 0 Å². The van der Waals surface area contributed by atoms with Crippen LogP contribution in [-0.4, -0.2) is 45.8 Å². The number of piperazine rings is 1. The monoisotopic (exact) mass is 275 g/mol. The number of hydrogen-bond donors (Lipinski definition) is 1. The van der Waals surface area contributed by atoms with E-state index < -0.39 is 6.09 Å². The van der Waals surface area contributed by atoms with E-state index in [4.69, 9.17) is 0 Å². The van der Waals surface area contributed by atoms with Crippen molar-refractivity contribution in [2.24, 2.45) is 5.41 Å². The minimum absolute atomic E-state index is 0.0936. The maximum absolute atomic E-state index is 11.6. The van der Waals surface area contributed by atoms with Gasteiger partial charge in [0.1, 0.15) is 5.82 Å². The predicted molar refractivity (Wildman–Crippen MR) is 76.9 cm³/mol. The Balaban J connectivity index is 1.97. The largest absolute Gasteiger partial charge is 0.465 e. The van der Waals surface area contributed by atoms with Crippen molar-refractivity contribution in [2.45, 2.75) is 38.8 Å². The van der Waals surface area contributed by atoms with Crippen LogP contribution < -0.4 is 4.90 Å². The van der Waals surface area contributed by atoms with Crippen LogP contribution in [0.5, 0.6) is 0 Å². The molecule has 2 aliphatic rings. The van der Waals surface area contributed by atoms with Gasteiger partial charge < -0.3 is 10.0 Å². The van der Waals surface area contributed by atoms with E-state index >= 15 is 0 Å². The highest BCUT2D eigenvalue weighted by atomic mass is 16.4. The molecule has 20 heavy (non-hydrogen) atoms. The van der Waals surface area contributed by atoms with Crippen LogP contribution in [0, 0.1) is 5.41 Å². The lowest BCUT2D eigenvalue weighted by Crippen LogP contribution is -2.61. The molecule has 0 aliphatic carbocycles. The molecule has 2 aliphatic heterocycles. The molecule has 0 aromatic carbocycles. The van der Waals surface area contributed by atoms with Gasteiger partial charge >= 0.3 is 6.09 Å². The molecular formula is C15H21N3O2. The second-order valence-electron chi connectivity index (χ2n) is 6.85. The highest BCUT2D eigenvalue weighted by Gasteiger charge is 2.61. The first-order chi connectivity index (χ1) is 9.35. The van der Waals surface area contributed by atoms with Crippen LogP contribution in [0.2, 0.25) is 0 Å². The first kappa shape index (κ1) is 13.2. The Morgan fingerprint density at radius 1 is 1.45 bits per heavy atom. The topological polar surface area (TPSA) is 56.7 Å². The molecule has 2 fully saturated rings. The Morgan fingerprint density at radius 2 is 2.20 bits per heavy atom. The molecule has 5 nitrogen and oxygen atoms in total. The summed E-state index contributed by atoms with van der Waals surface area (Å²) in [5.41, 5.74) is -0.412. The fraction of sp³-hybridized carbons (Fsp3) is 0.600. The third kappa shape index (κ3) is 1.69. The van der Waals surface area contributed by atoms with Gasteiger partial charge in [-0.15, -0.1) is 0 Å². The fourth-order valence-corrected chi connectivity index (χ4v) is 3.72. The van der Waals surface area contributed by atoms with Gasteiger partial charge in [-0.1, -0.05) is 26.8 Å². The number of fused-ring (bicyclic) bond motifs is 2. The van der Waals surface area contributed by atoms with Crippen molar-refractivity contribution in [1.82, 2.24) is 9.88 Å². The lowest BCUT2D eigenvalue weighted by Gasteiger charge is -2.48. The molecule has 2 saturated heterocycles. The molecule has 2 atom stereocenters. The second-order valence-corrected chi connectivity index (χ2v) is 6.85. The fourth-order valence-electron chi connectivity index (χ4n) is 3.72. The summed E-state index contributed by atoms with van der Waals surface area (Å²) in [6.45, 7) is 7.70. The average Bonchev–Trinajstić information content (AvgIpc) is 2.95. The number of rotatable bonds is 1. The summed E-state index contributed by atoms with van der Waals surface area (Å²) < 4.78 is 0. The number of carboxylic acid groups (broad SMARTS) is 1. The Hall–Kier alpha value is -1.78. The quantitative estimate of drug-likeness (QED) is 0.855. The number of amides is 1. The van der Waals surface area contributed by atoms with E-state index in [0.29, 0.717) is 6.54 Å². The van der Waals surface area contributed by atoms with Gasteiger partial charge in [0, 0.05) is 19.3 Å². The van der Waals surface area contributed by atoms with Crippen molar-refractivity contribution >= 4 is 11.9 Å². The second kappa shape index (κ2) is 4.11. The van der Waals surface area contributed by atoms with Gasteiger partial charge in [-0.2, -0.15) is 0 Å². The zero-order valence-corrected chi connectivity index (χ0v) is 12.2. The molecule has 5 heteroatoms. The maximum Gasteiger partial charge on any atom is 0.407 e. The molecule has 0 saturated carbocycles. The van der Waals surface area contributed by atoms with Crippen molar-refractivity contribution in [1.29, 1.82) is 0 Å². The zero-order chi connectivity index (χ0) is 14.5. The van der Waals surface area contributed by atoms with Crippen LogP contribution in [0.3, 0.4) is 0 Å². The third-order valence-corrected chi connectivity index (χ3v) is 4.93. The van der Waals surface area contributed by atoms with Gasteiger partial charge in [-0.3, -0.25) is 4.90 Å². The number of likely N-dealkylation sites (tertiary alicyclic amines) is 1. The lowest BCUT2D eigenvalue weighted by molar-refractivity contribution is 0.0362. The molecule has 1 amide bonds. The van der Waals surface area contributed by atoms with Gasteiger partial charge in [0.15, 0.2) is 0 Å². The molecule has 1 aromatic rings. The van der Waals surface area contributed by atoms with Crippen LogP contribution in [0.4, 0.5) is 10.6 Å². The molecule has 3 rings (SSSR count). The summed E-state index contributed by atoms with van der Waals surface area (Å²) in [5, 5.41) is 9.51. The average molecular weight is 275 g/mol. The Labute approximate surface area is 119 Å². The van der Waals surface area contributed by atoms with E-state index in [0.717, 1.165) is 18.8 Å². The molecule has 0 spiro atoms.